The molecule has 664 valence electrons. The van der Waals surface area contributed by atoms with E-state index in [0.717, 1.165) is 34.6 Å². The zero-order chi connectivity index (χ0) is 84.8. The zero-order valence-electron chi connectivity index (χ0n) is 62.1. The molecule has 0 saturated carbocycles. The average Bonchev–Trinajstić information content (AvgIpc) is 0.758. The maximum atomic E-state index is 13.3. The van der Waals surface area contributed by atoms with Gasteiger partial charge in [-0.2, -0.15) is 0 Å². The number of aliphatic hydroxyl groups is 24. The molecule has 0 radical (unpaired) electrons. The first-order valence-electron chi connectivity index (χ1n) is 36.6. The SMILES string of the molecule is CC(=O)N[C@@H]1[C@H](O[C@H]2[C@H](O[C@H]3O[C@H](CO)[C@@H](O)[C@H](O)[C@@H]3O[C@@H]3O[C@H](CO)[C@@H](O[C@@H]4O[C@H](CO)[C@H](O)[C@H](O)[C@H]4O)[C@H](O)[C@H]3NC(C)=O)[C@H](O)[C@H](O[C@H]3[C@H](O)[C@@H](NC(C)=O)[C@H](O[C@H]4[C@H](O)[C@@H](NC(C)=O)C(O)O[C@@H]4CO)O[C@@H]3CO)O[C@@H]2CO[C@H]2O[C@H](CO)[C@@H](O)[C@H](O)[C@@H]2O[C@@H]2O[C@H](CO)[C@@H](O)[C@H](O)[C@H]2NC(C)=O)O[C@H](CO)[C@@H](O)[C@@H]1O. The van der Waals surface area contributed by atoms with Gasteiger partial charge in [0.05, 0.1) is 59.5 Å². The molecule has 9 aliphatic heterocycles. The molecule has 9 aliphatic rings. The quantitative estimate of drug-likeness (QED) is 0.0318. The van der Waals surface area contributed by atoms with E-state index < -0.39 is 365 Å². The maximum Gasteiger partial charge on any atom is 0.217 e. The summed E-state index contributed by atoms with van der Waals surface area (Å²) in [5.41, 5.74) is 0. The second-order valence-corrected chi connectivity index (χ2v) is 28.9. The first kappa shape index (κ1) is 94.6. The lowest BCUT2D eigenvalue weighted by Crippen LogP contribution is -2.71. The van der Waals surface area contributed by atoms with Crippen molar-refractivity contribution < 1.29 is 227 Å². The highest BCUT2D eigenvalue weighted by atomic mass is 16.8. The first-order valence-corrected chi connectivity index (χ1v) is 36.6. The fraction of sp³-hybridized carbons (Fsp3) is 0.922. The Morgan fingerprint density at radius 2 is 0.478 bits per heavy atom. The Morgan fingerprint density at radius 3 is 0.861 bits per heavy atom. The number of ether oxygens (including phenoxy) is 17. The summed E-state index contributed by atoms with van der Waals surface area (Å²) in [7, 11) is 0. The van der Waals surface area contributed by atoms with Crippen LogP contribution in [0.4, 0.5) is 0 Å². The van der Waals surface area contributed by atoms with Gasteiger partial charge >= 0.3 is 0 Å². The Balaban J connectivity index is 1.17. The number of amides is 5. The van der Waals surface area contributed by atoms with Gasteiger partial charge in [0.25, 0.3) is 0 Å². The van der Waals surface area contributed by atoms with Crippen LogP contribution in [0.25, 0.3) is 0 Å². The van der Waals surface area contributed by atoms with Gasteiger partial charge in [0, 0.05) is 34.6 Å². The second kappa shape index (κ2) is 41.5. The van der Waals surface area contributed by atoms with Crippen LogP contribution in [0.5, 0.6) is 0 Å². The molecule has 0 aromatic heterocycles. The van der Waals surface area contributed by atoms with E-state index >= 15 is 0 Å². The van der Waals surface area contributed by atoms with Gasteiger partial charge in [0.15, 0.2) is 56.6 Å². The van der Waals surface area contributed by atoms with Crippen LogP contribution in [0, 0.1) is 0 Å². The molecule has 0 aromatic carbocycles. The Labute approximate surface area is 651 Å². The number of hydrogen-bond acceptors (Lipinski definition) is 46. The molecule has 29 N–H and O–H groups in total. The minimum absolute atomic E-state index is 0.806. The summed E-state index contributed by atoms with van der Waals surface area (Å²) in [4.78, 5) is 64.2. The molecule has 51 heteroatoms. The standard InChI is InChI=1S/C64H107N5O46/c1-15(78)65-29-41(90)49(25(11-75)100-56(29)98)109-59-32(68-18(4)81)42(91)51(27(13-77)106-59)111-62-48(97)53(113-64-55(46(95)38(87)24(10-74)105-64)115-60-33(69-19(5)82)43(92)50(26(12-76)107-60)110-61-47(96)44(93)36(85)22(8-72)103-61)52(112-57-30(66-16(2)79)39(88)34(83)20(6-70)101-57)28(108-62)14-99-63-54(45(94)37(86)23(9-73)104-63)114-58-31(67-17(3)80)40(89)35(84)21(7-71)102-58/h20-64,70-77,83-98H,6-14H2,1-5H3,(H,65,78)(H,66,79)(H,67,80)(H,68,81)(H,69,82)/t20-,21-,22-,23-,24-,25-,26-,27-,28-,29-,30+,31-,32-,33-,34-,35-,36+,37-,38-,39-,40-,41-,42-,43-,44+,45+,46+,47-,48+,49-,50-,51-,52-,53-,54+,55+,56?,57+,58+,59+,60+,61+,62+,63+,64-/m1/s1. The first-order chi connectivity index (χ1) is 54.4. The minimum Gasteiger partial charge on any atom is -0.394 e. The molecular weight excluding hydrogens is 1570 g/mol. The van der Waals surface area contributed by atoms with Crippen molar-refractivity contribution in [2.24, 2.45) is 0 Å². The predicted molar refractivity (Wildman–Crippen MR) is 355 cm³/mol. The van der Waals surface area contributed by atoms with Gasteiger partial charge in [0.1, 0.15) is 219 Å². The van der Waals surface area contributed by atoms with Crippen molar-refractivity contribution in [3.8, 4) is 0 Å². The van der Waals surface area contributed by atoms with Gasteiger partial charge in [-0.1, -0.05) is 0 Å². The summed E-state index contributed by atoms with van der Waals surface area (Å²) in [5, 5.41) is 281. The summed E-state index contributed by atoms with van der Waals surface area (Å²) >= 11 is 0. The van der Waals surface area contributed by atoms with Crippen LogP contribution in [-0.2, 0) is 104 Å². The van der Waals surface area contributed by atoms with E-state index in [1.165, 1.54) is 0 Å². The number of carbonyl (C=O) groups excluding carboxylic acids is 5. The Morgan fingerprint density at radius 1 is 0.226 bits per heavy atom. The van der Waals surface area contributed by atoms with Crippen LogP contribution in [0.15, 0.2) is 0 Å². The highest BCUT2D eigenvalue weighted by Gasteiger charge is 2.62. The lowest BCUT2D eigenvalue weighted by atomic mass is 9.93. The molecule has 0 aliphatic carbocycles. The van der Waals surface area contributed by atoms with Gasteiger partial charge < -0.3 is 230 Å². The monoisotopic (exact) mass is 1680 g/mol. The number of aliphatic hydroxyl groups excluding tert-OH is 24. The summed E-state index contributed by atoms with van der Waals surface area (Å²) in [6.07, 6.45) is -85.8. The molecule has 1 unspecified atom stereocenters. The molecular formula is C64H107N5O46. The van der Waals surface area contributed by atoms with E-state index in [9.17, 15) is 147 Å². The van der Waals surface area contributed by atoms with Crippen LogP contribution < -0.4 is 26.6 Å². The predicted octanol–water partition coefficient (Wildman–Crippen LogP) is -19.9. The van der Waals surface area contributed by atoms with E-state index in [4.69, 9.17) is 80.5 Å². The lowest BCUT2D eigenvalue weighted by Gasteiger charge is -2.52. The molecule has 9 rings (SSSR count). The van der Waals surface area contributed by atoms with Crippen molar-refractivity contribution in [2.45, 2.75) is 311 Å². The van der Waals surface area contributed by atoms with Crippen LogP contribution in [-0.4, -0.2) is 488 Å². The van der Waals surface area contributed by atoms with Gasteiger partial charge in [0.2, 0.25) is 29.5 Å². The van der Waals surface area contributed by atoms with E-state index in [1.807, 2.05) is 0 Å². The molecule has 45 atom stereocenters. The molecule has 0 spiro atoms. The summed E-state index contributed by atoms with van der Waals surface area (Å²) < 4.78 is 103. The third kappa shape index (κ3) is 21.3. The lowest BCUT2D eigenvalue weighted by molar-refractivity contribution is -0.408. The Bertz CT molecular complexity index is 3100. The van der Waals surface area contributed by atoms with E-state index in [0.29, 0.717) is 0 Å². The molecule has 9 fully saturated rings. The smallest absolute Gasteiger partial charge is 0.217 e. The van der Waals surface area contributed by atoms with Crippen LogP contribution in [0.2, 0.25) is 0 Å². The van der Waals surface area contributed by atoms with E-state index in [-0.39, 0.29) is 0 Å². The van der Waals surface area contributed by atoms with Crippen molar-refractivity contribution in [1.29, 1.82) is 0 Å². The number of nitrogens with one attached hydrogen (secondary N) is 5. The van der Waals surface area contributed by atoms with E-state index in [1.54, 1.807) is 0 Å². The Kier molecular flexibility index (Phi) is 34.1. The van der Waals surface area contributed by atoms with Gasteiger partial charge in [-0.3, -0.25) is 24.0 Å². The van der Waals surface area contributed by atoms with Crippen LogP contribution in [0.3, 0.4) is 0 Å². The highest BCUT2D eigenvalue weighted by Crippen LogP contribution is 2.41. The molecule has 9 heterocycles. The number of hydrogen-bond donors (Lipinski definition) is 29. The van der Waals surface area contributed by atoms with Crippen molar-refractivity contribution in [2.75, 3.05) is 59.5 Å². The summed E-state index contributed by atoms with van der Waals surface area (Å²) in [6, 6.07) is -9.49. The fourth-order valence-corrected chi connectivity index (χ4v) is 14.9. The van der Waals surface area contributed by atoms with Crippen molar-refractivity contribution in [3.05, 3.63) is 0 Å². The molecule has 51 nitrogen and oxygen atoms in total. The molecule has 115 heavy (non-hydrogen) atoms. The Hall–Kier alpha value is -4.29. The molecule has 5 amide bonds. The van der Waals surface area contributed by atoms with E-state index in [2.05, 4.69) is 26.6 Å². The normalized spacial score (nSPS) is 47.9. The van der Waals surface area contributed by atoms with Crippen molar-refractivity contribution in [1.82, 2.24) is 26.6 Å². The van der Waals surface area contributed by atoms with Crippen LogP contribution in [0.1, 0.15) is 34.6 Å². The molecule has 0 bridgehead atoms. The fourth-order valence-electron chi connectivity index (χ4n) is 14.9. The highest BCUT2D eigenvalue weighted by molar-refractivity contribution is 5.75. The number of rotatable bonds is 30. The maximum absolute atomic E-state index is 13.3. The molecule has 9 saturated heterocycles. The molecule has 0 aromatic rings. The largest absolute Gasteiger partial charge is 0.394 e. The average molecular weight is 1680 g/mol. The summed E-state index contributed by atoms with van der Waals surface area (Å²) in [6.45, 7) is -5.57. The number of carbonyl (C=O) groups is 5. The minimum atomic E-state index is -2.72. The zero-order valence-corrected chi connectivity index (χ0v) is 62.1. The second-order valence-electron chi connectivity index (χ2n) is 28.9. The third-order valence-corrected chi connectivity index (χ3v) is 20.8. The van der Waals surface area contributed by atoms with Gasteiger partial charge in [-0.05, 0) is 0 Å². The van der Waals surface area contributed by atoms with Crippen molar-refractivity contribution in [3.63, 3.8) is 0 Å². The third-order valence-electron chi connectivity index (χ3n) is 20.8. The summed E-state index contributed by atoms with van der Waals surface area (Å²) in [5.74, 6) is -4.64. The van der Waals surface area contributed by atoms with Gasteiger partial charge in [-0.15, -0.1) is 0 Å². The topological polar surface area (TPSA) is 788 Å². The van der Waals surface area contributed by atoms with Crippen LogP contribution >= 0.6 is 0 Å². The van der Waals surface area contributed by atoms with Gasteiger partial charge in [-0.25, -0.2) is 0 Å². The van der Waals surface area contributed by atoms with Crippen molar-refractivity contribution >= 4 is 29.5 Å².